The standard InChI is InChI=1S/C19H22ClNO3/c1-21(13-14-24-17-10-8-16(23-2)9-11-17)19(22)12-7-15-5-3-4-6-18(15)20/h3-6,8-11H,7,12-14H2,1-2H3. The molecule has 2 aromatic carbocycles. The minimum absolute atomic E-state index is 0.0771. The van der Waals surface area contributed by atoms with Crippen LogP contribution in [0.15, 0.2) is 48.5 Å². The summed E-state index contributed by atoms with van der Waals surface area (Å²) in [6.07, 6.45) is 1.07. The maximum absolute atomic E-state index is 12.2. The molecule has 0 aliphatic rings. The molecule has 0 aliphatic heterocycles. The second-order valence-corrected chi connectivity index (χ2v) is 5.84. The molecule has 2 rings (SSSR count). The van der Waals surface area contributed by atoms with E-state index in [9.17, 15) is 4.79 Å². The van der Waals surface area contributed by atoms with Gasteiger partial charge < -0.3 is 14.4 Å². The third-order valence-corrected chi connectivity index (χ3v) is 4.12. The van der Waals surface area contributed by atoms with Crippen LogP contribution in [0.2, 0.25) is 5.02 Å². The molecule has 0 N–H and O–H groups in total. The van der Waals surface area contributed by atoms with Gasteiger partial charge in [-0.15, -0.1) is 0 Å². The zero-order valence-corrected chi connectivity index (χ0v) is 14.8. The summed E-state index contributed by atoms with van der Waals surface area (Å²) in [6.45, 7) is 0.980. The number of carbonyl (C=O) groups is 1. The van der Waals surface area contributed by atoms with Crippen LogP contribution in [0.3, 0.4) is 0 Å². The summed E-state index contributed by atoms with van der Waals surface area (Å²) in [5, 5.41) is 0.704. The zero-order chi connectivity index (χ0) is 17.4. The van der Waals surface area contributed by atoms with Crippen LogP contribution in [0.4, 0.5) is 0 Å². The molecule has 24 heavy (non-hydrogen) atoms. The molecule has 2 aromatic rings. The highest BCUT2D eigenvalue weighted by molar-refractivity contribution is 6.31. The van der Waals surface area contributed by atoms with Crippen LogP contribution in [0.25, 0.3) is 0 Å². The molecule has 0 spiro atoms. The second kappa shape index (κ2) is 9.18. The van der Waals surface area contributed by atoms with E-state index in [0.29, 0.717) is 31.0 Å². The predicted molar refractivity (Wildman–Crippen MR) is 95.9 cm³/mol. The molecular weight excluding hydrogens is 326 g/mol. The smallest absolute Gasteiger partial charge is 0.222 e. The molecule has 0 radical (unpaired) electrons. The number of nitrogens with zero attached hydrogens (tertiary/aromatic N) is 1. The maximum Gasteiger partial charge on any atom is 0.222 e. The van der Waals surface area contributed by atoms with Gasteiger partial charge in [0, 0.05) is 18.5 Å². The Balaban J connectivity index is 1.72. The Morgan fingerprint density at radius 1 is 1.08 bits per heavy atom. The Labute approximate surface area is 147 Å². The molecule has 0 unspecified atom stereocenters. The number of ether oxygens (including phenoxy) is 2. The molecule has 0 saturated heterocycles. The van der Waals surface area contributed by atoms with Crippen molar-refractivity contribution >= 4 is 17.5 Å². The van der Waals surface area contributed by atoms with Gasteiger partial charge in [0.15, 0.2) is 0 Å². The Morgan fingerprint density at radius 2 is 1.75 bits per heavy atom. The van der Waals surface area contributed by atoms with E-state index in [0.717, 1.165) is 17.1 Å². The van der Waals surface area contributed by atoms with E-state index in [1.165, 1.54) is 0 Å². The van der Waals surface area contributed by atoms with Crippen LogP contribution in [-0.4, -0.2) is 38.1 Å². The summed E-state index contributed by atoms with van der Waals surface area (Å²) >= 11 is 6.11. The molecular formula is C19H22ClNO3. The highest BCUT2D eigenvalue weighted by Gasteiger charge is 2.10. The lowest BCUT2D eigenvalue weighted by molar-refractivity contribution is -0.130. The van der Waals surface area contributed by atoms with Crippen molar-refractivity contribution < 1.29 is 14.3 Å². The summed E-state index contributed by atoms with van der Waals surface area (Å²) < 4.78 is 10.7. The van der Waals surface area contributed by atoms with E-state index in [2.05, 4.69) is 0 Å². The minimum atomic E-state index is 0.0771. The van der Waals surface area contributed by atoms with E-state index in [4.69, 9.17) is 21.1 Å². The zero-order valence-electron chi connectivity index (χ0n) is 14.0. The number of hydrogen-bond acceptors (Lipinski definition) is 3. The van der Waals surface area contributed by atoms with E-state index in [-0.39, 0.29) is 5.91 Å². The van der Waals surface area contributed by atoms with Crippen LogP contribution in [0, 0.1) is 0 Å². The molecule has 0 aliphatic carbocycles. The highest BCUT2D eigenvalue weighted by Crippen LogP contribution is 2.18. The van der Waals surface area contributed by atoms with E-state index >= 15 is 0 Å². The summed E-state index contributed by atoms with van der Waals surface area (Å²) in [4.78, 5) is 13.8. The Hall–Kier alpha value is -2.20. The van der Waals surface area contributed by atoms with Gasteiger partial charge in [0.25, 0.3) is 0 Å². The summed E-state index contributed by atoms with van der Waals surface area (Å²) in [5.41, 5.74) is 0.996. The largest absolute Gasteiger partial charge is 0.497 e. The summed E-state index contributed by atoms with van der Waals surface area (Å²) in [6, 6.07) is 15.0. The topological polar surface area (TPSA) is 38.8 Å². The van der Waals surface area contributed by atoms with E-state index < -0.39 is 0 Å². The number of methoxy groups -OCH3 is 1. The van der Waals surface area contributed by atoms with Gasteiger partial charge in [0.1, 0.15) is 18.1 Å². The molecule has 0 fully saturated rings. The normalized spacial score (nSPS) is 10.3. The van der Waals surface area contributed by atoms with E-state index in [1.807, 2.05) is 48.5 Å². The summed E-state index contributed by atoms with van der Waals surface area (Å²) in [5.74, 6) is 1.62. The number of carbonyl (C=O) groups excluding carboxylic acids is 1. The number of likely N-dealkylation sites (N-methyl/N-ethyl adjacent to an activating group) is 1. The Morgan fingerprint density at radius 3 is 2.42 bits per heavy atom. The van der Waals surface area contributed by atoms with Gasteiger partial charge >= 0.3 is 0 Å². The molecule has 0 atom stereocenters. The number of rotatable bonds is 8. The van der Waals surface area contributed by atoms with Gasteiger partial charge in [-0.1, -0.05) is 29.8 Å². The van der Waals surface area contributed by atoms with Crippen LogP contribution in [-0.2, 0) is 11.2 Å². The third-order valence-electron chi connectivity index (χ3n) is 3.75. The molecule has 0 saturated carbocycles. The first-order chi connectivity index (χ1) is 11.6. The second-order valence-electron chi connectivity index (χ2n) is 5.43. The fourth-order valence-electron chi connectivity index (χ4n) is 2.23. The van der Waals surface area contributed by atoms with Crippen LogP contribution in [0.5, 0.6) is 11.5 Å². The first-order valence-electron chi connectivity index (χ1n) is 7.84. The number of amides is 1. The van der Waals surface area contributed by atoms with Crippen molar-refractivity contribution in [2.45, 2.75) is 12.8 Å². The van der Waals surface area contributed by atoms with Gasteiger partial charge in [-0.3, -0.25) is 4.79 Å². The lowest BCUT2D eigenvalue weighted by Gasteiger charge is -2.17. The first-order valence-corrected chi connectivity index (χ1v) is 8.22. The summed E-state index contributed by atoms with van der Waals surface area (Å²) in [7, 11) is 3.41. The number of hydrogen-bond donors (Lipinski definition) is 0. The van der Waals surface area contributed by atoms with Crippen LogP contribution in [0.1, 0.15) is 12.0 Å². The van der Waals surface area contributed by atoms with Crippen molar-refractivity contribution in [3.63, 3.8) is 0 Å². The molecule has 0 heterocycles. The van der Waals surface area contributed by atoms with Crippen LogP contribution >= 0.6 is 11.6 Å². The molecule has 0 bridgehead atoms. The van der Waals surface area contributed by atoms with Gasteiger partial charge in [-0.05, 0) is 42.3 Å². The van der Waals surface area contributed by atoms with Gasteiger partial charge in [0.2, 0.25) is 5.91 Å². The van der Waals surface area contributed by atoms with E-state index in [1.54, 1.807) is 19.1 Å². The lowest BCUT2D eigenvalue weighted by Crippen LogP contribution is -2.31. The fourth-order valence-corrected chi connectivity index (χ4v) is 2.46. The molecule has 128 valence electrons. The number of benzene rings is 2. The quantitative estimate of drug-likeness (QED) is 0.728. The Kier molecular flexibility index (Phi) is 6.94. The van der Waals surface area contributed by atoms with Gasteiger partial charge in [-0.2, -0.15) is 0 Å². The lowest BCUT2D eigenvalue weighted by atomic mass is 10.1. The van der Waals surface area contributed by atoms with Crippen LogP contribution < -0.4 is 9.47 Å². The SMILES string of the molecule is COc1ccc(OCCN(C)C(=O)CCc2ccccc2Cl)cc1. The number of halogens is 1. The highest BCUT2D eigenvalue weighted by atomic mass is 35.5. The fraction of sp³-hybridized carbons (Fsp3) is 0.316. The maximum atomic E-state index is 12.2. The van der Waals surface area contributed by atoms with Crippen molar-refractivity contribution in [2.24, 2.45) is 0 Å². The molecule has 0 aromatic heterocycles. The van der Waals surface area contributed by atoms with Crippen molar-refractivity contribution in [3.8, 4) is 11.5 Å². The average molecular weight is 348 g/mol. The minimum Gasteiger partial charge on any atom is -0.497 e. The Bertz CT molecular complexity index is 658. The monoisotopic (exact) mass is 347 g/mol. The van der Waals surface area contributed by atoms with Crippen molar-refractivity contribution in [1.29, 1.82) is 0 Å². The van der Waals surface area contributed by atoms with Crippen molar-refractivity contribution in [1.82, 2.24) is 4.90 Å². The molecule has 4 nitrogen and oxygen atoms in total. The third kappa shape index (κ3) is 5.46. The molecule has 5 heteroatoms. The average Bonchev–Trinajstić information content (AvgIpc) is 2.61. The number of aryl methyl sites for hydroxylation is 1. The van der Waals surface area contributed by atoms with Gasteiger partial charge in [-0.25, -0.2) is 0 Å². The van der Waals surface area contributed by atoms with Gasteiger partial charge in [0.05, 0.1) is 13.7 Å². The van der Waals surface area contributed by atoms with Crippen molar-refractivity contribution in [3.05, 3.63) is 59.1 Å². The molecule has 1 amide bonds. The predicted octanol–water partition coefficient (Wildman–Crippen LogP) is 3.82. The first kappa shape index (κ1) is 18.1. The van der Waals surface area contributed by atoms with Crippen molar-refractivity contribution in [2.75, 3.05) is 27.3 Å².